The van der Waals surface area contributed by atoms with Crippen LogP contribution in [0.1, 0.15) is 21.5 Å². The van der Waals surface area contributed by atoms with Crippen LogP contribution in [0.25, 0.3) is 10.8 Å². The van der Waals surface area contributed by atoms with E-state index in [4.69, 9.17) is 16.3 Å². The highest BCUT2D eigenvalue weighted by atomic mass is 35.5. The molecule has 0 radical (unpaired) electrons. The second-order valence-electron chi connectivity index (χ2n) is 6.73. The van der Waals surface area contributed by atoms with Crippen LogP contribution in [-0.4, -0.2) is 5.91 Å². The van der Waals surface area contributed by atoms with Gasteiger partial charge in [0.2, 0.25) is 0 Å². The molecular formula is C25H20ClNO2. The molecule has 144 valence electrons. The number of amides is 1. The second kappa shape index (κ2) is 8.80. The maximum atomic E-state index is 12.5. The molecule has 0 aliphatic carbocycles. The lowest BCUT2D eigenvalue weighted by Crippen LogP contribution is -2.22. The number of ether oxygens (including phenoxy) is 1. The van der Waals surface area contributed by atoms with E-state index in [0.29, 0.717) is 29.5 Å². The molecule has 0 saturated heterocycles. The Labute approximate surface area is 174 Å². The molecule has 0 atom stereocenters. The lowest BCUT2D eigenvalue weighted by molar-refractivity contribution is 0.0951. The van der Waals surface area contributed by atoms with Crippen molar-refractivity contribution >= 4 is 28.3 Å². The van der Waals surface area contributed by atoms with Crippen LogP contribution < -0.4 is 10.1 Å². The number of nitrogens with one attached hydrogen (secondary N) is 1. The summed E-state index contributed by atoms with van der Waals surface area (Å²) in [4.78, 5) is 12.5. The minimum atomic E-state index is -0.115. The summed E-state index contributed by atoms with van der Waals surface area (Å²) in [6.45, 7) is 0.858. The minimum Gasteiger partial charge on any atom is -0.489 e. The van der Waals surface area contributed by atoms with Crippen LogP contribution in [-0.2, 0) is 13.2 Å². The Morgan fingerprint density at radius 1 is 0.793 bits per heavy atom. The number of benzene rings is 4. The largest absolute Gasteiger partial charge is 0.489 e. The minimum absolute atomic E-state index is 0.115. The zero-order valence-electron chi connectivity index (χ0n) is 15.8. The predicted octanol–water partition coefficient (Wildman–Crippen LogP) is 6.00. The summed E-state index contributed by atoms with van der Waals surface area (Å²) in [5, 5.41) is 5.99. The monoisotopic (exact) mass is 401 g/mol. The van der Waals surface area contributed by atoms with Crippen LogP contribution in [0.5, 0.6) is 5.75 Å². The molecule has 0 unspecified atom stereocenters. The SMILES string of the molecule is O=C(NCc1cccc2ccccc12)c1ccc(OCc2ccccc2Cl)cc1. The smallest absolute Gasteiger partial charge is 0.251 e. The maximum absolute atomic E-state index is 12.5. The highest BCUT2D eigenvalue weighted by molar-refractivity contribution is 6.31. The van der Waals surface area contributed by atoms with Gasteiger partial charge in [-0.3, -0.25) is 4.79 Å². The van der Waals surface area contributed by atoms with Crippen LogP contribution in [0.2, 0.25) is 5.02 Å². The van der Waals surface area contributed by atoms with Crippen LogP contribution in [0, 0.1) is 0 Å². The predicted molar refractivity (Wildman–Crippen MR) is 117 cm³/mol. The summed E-state index contributed by atoms with van der Waals surface area (Å²) in [6.07, 6.45) is 0. The molecule has 1 amide bonds. The van der Waals surface area contributed by atoms with Crippen molar-refractivity contribution in [1.29, 1.82) is 0 Å². The molecule has 3 nitrogen and oxygen atoms in total. The van der Waals surface area contributed by atoms with Gasteiger partial charge in [-0.05, 0) is 46.7 Å². The number of carbonyl (C=O) groups is 1. The van der Waals surface area contributed by atoms with Crippen molar-refractivity contribution in [2.45, 2.75) is 13.2 Å². The van der Waals surface area contributed by atoms with Gasteiger partial charge in [0.05, 0.1) is 0 Å². The number of rotatable bonds is 6. The first-order chi connectivity index (χ1) is 14.2. The Morgan fingerprint density at radius 2 is 1.48 bits per heavy atom. The summed E-state index contributed by atoms with van der Waals surface area (Å²) in [7, 11) is 0. The number of hydrogen-bond acceptors (Lipinski definition) is 2. The maximum Gasteiger partial charge on any atom is 0.251 e. The molecule has 1 N–H and O–H groups in total. The highest BCUT2D eigenvalue weighted by Crippen LogP contribution is 2.20. The first kappa shape index (κ1) is 19.0. The summed E-state index contributed by atoms with van der Waals surface area (Å²) >= 11 is 6.15. The van der Waals surface area contributed by atoms with E-state index in [0.717, 1.165) is 16.5 Å². The van der Waals surface area contributed by atoms with Crippen molar-refractivity contribution < 1.29 is 9.53 Å². The molecule has 0 bridgehead atoms. The van der Waals surface area contributed by atoms with E-state index in [1.165, 1.54) is 5.39 Å². The van der Waals surface area contributed by atoms with Crippen molar-refractivity contribution in [2.24, 2.45) is 0 Å². The fraction of sp³-hybridized carbons (Fsp3) is 0.0800. The van der Waals surface area contributed by atoms with Gasteiger partial charge in [0.1, 0.15) is 12.4 Å². The fourth-order valence-electron chi connectivity index (χ4n) is 3.20. The molecule has 0 fully saturated rings. The molecule has 4 aromatic carbocycles. The fourth-order valence-corrected chi connectivity index (χ4v) is 3.39. The van der Waals surface area contributed by atoms with E-state index in [9.17, 15) is 4.79 Å². The van der Waals surface area contributed by atoms with Gasteiger partial charge in [-0.25, -0.2) is 0 Å². The number of halogens is 1. The van der Waals surface area contributed by atoms with Gasteiger partial charge in [-0.15, -0.1) is 0 Å². The third-order valence-electron chi connectivity index (χ3n) is 4.79. The van der Waals surface area contributed by atoms with Crippen molar-refractivity contribution in [2.75, 3.05) is 0 Å². The van der Waals surface area contributed by atoms with Gasteiger partial charge in [-0.1, -0.05) is 72.3 Å². The van der Waals surface area contributed by atoms with E-state index in [-0.39, 0.29) is 5.91 Å². The van der Waals surface area contributed by atoms with E-state index in [1.54, 1.807) is 24.3 Å². The van der Waals surface area contributed by atoms with Crippen molar-refractivity contribution in [3.8, 4) is 5.75 Å². The molecular weight excluding hydrogens is 382 g/mol. The third kappa shape index (κ3) is 4.58. The number of fused-ring (bicyclic) bond motifs is 1. The summed E-state index contributed by atoms with van der Waals surface area (Å²) in [6, 6.07) is 29.0. The van der Waals surface area contributed by atoms with Gasteiger partial charge in [-0.2, -0.15) is 0 Å². The second-order valence-corrected chi connectivity index (χ2v) is 7.13. The molecule has 0 saturated carbocycles. The zero-order chi connectivity index (χ0) is 20.1. The van der Waals surface area contributed by atoms with Crippen LogP contribution >= 0.6 is 11.6 Å². The lowest BCUT2D eigenvalue weighted by atomic mass is 10.0. The van der Waals surface area contributed by atoms with E-state index < -0.39 is 0 Å². The third-order valence-corrected chi connectivity index (χ3v) is 5.16. The highest BCUT2D eigenvalue weighted by Gasteiger charge is 2.08. The number of hydrogen-bond donors (Lipinski definition) is 1. The average molecular weight is 402 g/mol. The Hall–Kier alpha value is -3.30. The molecule has 0 spiro atoms. The first-order valence-electron chi connectivity index (χ1n) is 9.42. The summed E-state index contributed by atoms with van der Waals surface area (Å²) < 4.78 is 5.77. The van der Waals surface area contributed by atoms with Crippen LogP contribution in [0.15, 0.2) is 91.0 Å². The molecule has 29 heavy (non-hydrogen) atoms. The van der Waals surface area contributed by atoms with Crippen LogP contribution in [0.3, 0.4) is 0 Å². The quantitative estimate of drug-likeness (QED) is 0.430. The van der Waals surface area contributed by atoms with Crippen molar-refractivity contribution in [3.63, 3.8) is 0 Å². The Kier molecular flexibility index (Phi) is 5.78. The Morgan fingerprint density at radius 3 is 2.31 bits per heavy atom. The van der Waals surface area contributed by atoms with E-state index in [1.807, 2.05) is 48.5 Å². The Balaban J connectivity index is 1.37. The molecule has 4 rings (SSSR count). The van der Waals surface area contributed by atoms with Crippen LogP contribution in [0.4, 0.5) is 0 Å². The summed E-state index contributed by atoms with van der Waals surface area (Å²) in [5.41, 5.74) is 2.61. The molecule has 0 aromatic heterocycles. The standard InChI is InChI=1S/C25H20ClNO2/c26-24-11-4-2-7-21(24)17-29-22-14-12-19(13-15-22)25(28)27-16-20-9-5-8-18-6-1-3-10-23(18)20/h1-15H,16-17H2,(H,27,28). The van der Waals surface area contributed by atoms with E-state index >= 15 is 0 Å². The van der Waals surface area contributed by atoms with Gasteiger partial charge in [0.25, 0.3) is 5.91 Å². The lowest BCUT2D eigenvalue weighted by Gasteiger charge is -2.10. The number of carbonyl (C=O) groups excluding carboxylic acids is 1. The van der Waals surface area contributed by atoms with Crippen molar-refractivity contribution in [1.82, 2.24) is 5.32 Å². The average Bonchev–Trinajstić information content (AvgIpc) is 2.77. The molecule has 0 heterocycles. The van der Waals surface area contributed by atoms with Gasteiger partial charge in [0, 0.05) is 22.7 Å². The summed E-state index contributed by atoms with van der Waals surface area (Å²) in [5.74, 6) is 0.575. The van der Waals surface area contributed by atoms with Crippen molar-refractivity contribution in [3.05, 3.63) is 113 Å². The Bertz CT molecular complexity index is 1130. The van der Waals surface area contributed by atoms with Gasteiger partial charge >= 0.3 is 0 Å². The molecule has 4 aromatic rings. The first-order valence-corrected chi connectivity index (χ1v) is 9.79. The van der Waals surface area contributed by atoms with Gasteiger partial charge < -0.3 is 10.1 Å². The topological polar surface area (TPSA) is 38.3 Å². The zero-order valence-corrected chi connectivity index (χ0v) is 16.5. The molecule has 0 aliphatic rings. The van der Waals surface area contributed by atoms with Gasteiger partial charge in [0.15, 0.2) is 0 Å². The molecule has 4 heteroatoms. The molecule has 0 aliphatic heterocycles. The van der Waals surface area contributed by atoms with E-state index in [2.05, 4.69) is 23.5 Å². The normalized spacial score (nSPS) is 10.7.